The number of nitrogens with zero attached hydrogens (tertiary/aromatic N) is 1. The lowest BCUT2D eigenvalue weighted by Crippen LogP contribution is -2.50. The molecule has 0 radical (unpaired) electrons. The molecular weight excluding hydrogens is 188 g/mol. The molecule has 1 amide bonds. The van der Waals surface area contributed by atoms with Gasteiger partial charge in [0, 0.05) is 19.6 Å². The van der Waals surface area contributed by atoms with E-state index in [-0.39, 0.29) is 11.9 Å². The van der Waals surface area contributed by atoms with Crippen molar-refractivity contribution in [2.45, 2.75) is 58.0 Å². The minimum atomic E-state index is 0.0654. The van der Waals surface area contributed by atoms with Crippen molar-refractivity contribution in [3.8, 4) is 0 Å². The molecular formula is C12H24N2O. The summed E-state index contributed by atoms with van der Waals surface area (Å²) in [6, 6.07) is 0.558. The van der Waals surface area contributed by atoms with Gasteiger partial charge in [0.2, 0.25) is 5.91 Å². The first-order chi connectivity index (χ1) is 7.15. The minimum absolute atomic E-state index is 0.0654. The average Bonchev–Trinajstić information content (AvgIpc) is 2.24. The van der Waals surface area contributed by atoms with Crippen molar-refractivity contribution in [2.75, 3.05) is 13.6 Å². The van der Waals surface area contributed by atoms with Gasteiger partial charge >= 0.3 is 0 Å². The van der Waals surface area contributed by atoms with Gasteiger partial charge in [0.1, 0.15) is 0 Å². The molecule has 15 heavy (non-hydrogen) atoms. The second kappa shape index (κ2) is 6.11. The Kier molecular flexibility index (Phi) is 5.09. The van der Waals surface area contributed by atoms with E-state index in [1.165, 1.54) is 12.8 Å². The van der Waals surface area contributed by atoms with E-state index in [9.17, 15) is 4.79 Å². The summed E-state index contributed by atoms with van der Waals surface area (Å²) >= 11 is 0. The van der Waals surface area contributed by atoms with Gasteiger partial charge < -0.3 is 10.2 Å². The standard InChI is InChI=1S/C12H24N2O/c1-4-5-9-14(3)12(15)11-8-6-7-10(2)13-11/h10-11,13H,4-9H2,1-3H3. The van der Waals surface area contributed by atoms with Crippen molar-refractivity contribution in [3.63, 3.8) is 0 Å². The molecule has 1 fully saturated rings. The number of rotatable bonds is 4. The van der Waals surface area contributed by atoms with Crippen molar-refractivity contribution in [1.82, 2.24) is 10.2 Å². The van der Waals surface area contributed by atoms with E-state index in [1.54, 1.807) is 0 Å². The Morgan fingerprint density at radius 2 is 2.20 bits per heavy atom. The molecule has 1 aliphatic heterocycles. The van der Waals surface area contributed by atoms with Crippen LogP contribution in [-0.2, 0) is 4.79 Å². The van der Waals surface area contributed by atoms with Gasteiger partial charge in [-0.2, -0.15) is 0 Å². The summed E-state index contributed by atoms with van der Waals surface area (Å²) in [7, 11) is 1.92. The Balaban J connectivity index is 2.37. The fourth-order valence-corrected chi connectivity index (χ4v) is 2.10. The molecule has 1 saturated heterocycles. The minimum Gasteiger partial charge on any atom is -0.344 e. The van der Waals surface area contributed by atoms with Crippen molar-refractivity contribution in [2.24, 2.45) is 0 Å². The van der Waals surface area contributed by atoms with Crippen LogP contribution >= 0.6 is 0 Å². The lowest BCUT2D eigenvalue weighted by molar-refractivity contribution is -0.133. The zero-order valence-electron chi connectivity index (χ0n) is 10.3. The molecule has 0 saturated carbocycles. The van der Waals surface area contributed by atoms with Gasteiger partial charge in [-0.05, 0) is 32.6 Å². The highest BCUT2D eigenvalue weighted by Gasteiger charge is 2.25. The second-order valence-electron chi connectivity index (χ2n) is 4.66. The van der Waals surface area contributed by atoms with Crippen LogP contribution in [0.2, 0.25) is 0 Å². The first-order valence-electron chi connectivity index (χ1n) is 6.16. The highest BCUT2D eigenvalue weighted by Crippen LogP contribution is 2.14. The van der Waals surface area contributed by atoms with E-state index in [0.29, 0.717) is 6.04 Å². The van der Waals surface area contributed by atoms with Gasteiger partial charge in [0.25, 0.3) is 0 Å². The third-order valence-corrected chi connectivity index (χ3v) is 3.14. The summed E-state index contributed by atoms with van der Waals surface area (Å²) in [6.07, 6.45) is 5.62. The number of carbonyl (C=O) groups is 1. The van der Waals surface area contributed by atoms with Crippen molar-refractivity contribution in [3.05, 3.63) is 0 Å². The molecule has 0 spiro atoms. The maximum Gasteiger partial charge on any atom is 0.239 e. The first kappa shape index (κ1) is 12.5. The van der Waals surface area contributed by atoms with Gasteiger partial charge in [-0.3, -0.25) is 4.79 Å². The molecule has 1 aliphatic rings. The normalized spacial score (nSPS) is 26.3. The molecule has 3 heteroatoms. The van der Waals surface area contributed by atoms with Gasteiger partial charge in [-0.25, -0.2) is 0 Å². The number of amides is 1. The molecule has 3 nitrogen and oxygen atoms in total. The number of carbonyl (C=O) groups excluding carboxylic acids is 1. The van der Waals surface area contributed by atoms with E-state index >= 15 is 0 Å². The average molecular weight is 212 g/mol. The Hall–Kier alpha value is -0.570. The summed E-state index contributed by atoms with van der Waals surface area (Å²) in [5.41, 5.74) is 0. The molecule has 88 valence electrons. The van der Waals surface area contributed by atoms with Crippen molar-refractivity contribution >= 4 is 5.91 Å². The number of piperidine rings is 1. The monoisotopic (exact) mass is 212 g/mol. The van der Waals surface area contributed by atoms with E-state index in [0.717, 1.165) is 25.8 Å². The summed E-state index contributed by atoms with van der Waals surface area (Å²) in [4.78, 5) is 13.9. The summed E-state index contributed by atoms with van der Waals surface area (Å²) in [5.74, 6) is 0.273. The molecule has 0 aliphatic carbocycles. The smallest absolute Gasteiger partial charge is 0.239 e. The van der Waals surface area contributed by atoms with Crippen molar-refractivity contribution < 1.29 is 4.79 Å². The van der Waals surface area contributed by atoms with Gasteiger partial charge in [-0.15, -0.1) is 0 Å². The Morgan fingerprint density at radius 3 is 2.80 bits per heavy atom. The Bertz CT molecular complexity index is 206. The molecule has 1 rings (SSSR count). The largest absolute Gasteiger partial charge is 0.344 e. The predicted octanol–water partition coefficient (Wildman–Crippen LogP) is 1.78. The van der Waals surface area contributed by atoms with Crippen molar-refractivity contribution in [1.29, 1.82) is 0 Å². The van der Waals surface area contributed by atoms with Gasteiger partial charge in [0.15, 0.2) is 0 Å². The molecule has 1 N–H and O–H groups in total. The topological polar surface area (TPSA) is 32.3 Å². The predicted molar refractivity (Wildman–Crippen MR) is 62.8 cm³/mol. The lowest BCUT2D eigenvalue weighted by Gasteiger charge is -2.31. The summed E-state index contributed by atoms with van der Waals surface area (Å²) in [5, 5.41) is 3.38. The molecule has 0 bridgehead atoms. The van der Waals surface area contributed by atoms with Gasteiger partial charge in [0.05, 0.1) is 6.04 Å². The maximum absolute atomic E-state index is 12.0. The van der Waals surface area contributed by atoms with Crippen LogP contribution in [0.5, 0.6) is 0 Å². The Morgan fingerprint density at radius 1 is 1.47 bits per heavy atom. The number of unbranched alkanes of at least 4 members (excludes halogenated alkanes) is 1. The van der Waals surface area contributed by atoms with Crippen LogP contribution in [0.4, 0.5) is 0 Å². The molecule has 1 heterocycles. The van der Waals surface area contributed by atoms with Crippen LogP contribution in [0, 0.1) is 0 Å². The fraction of sp³-hybridized carbons (Fsp3) is 0.917. The number of likely N-dealkylation sites (N-methyl/N-ethyl adjacent to an activating group) is 1. The molecule has 2 unspecified atom stereocenters. The quantitative estimate of drug-likeness (QED) is 0.770. The van der Waals surface area contributed by atoms with Crippen LogP contribution in [0.15, 0.2) is 0 Å². The van der Waals surface area contributed by atoms with Crippen LogP contribution < -0.4 is 5.32 Å². The van der Waals surface area contributed by atoms with Crippen LogP contribution in [-0.4, -0.2) is 36.5 Å². The zero-order chi connectivity index (χ0) is 11.3. The van der Waals surface area contributed by atoms with E-state index in [1.807, 2.05) is 11.9 Å². The lowest BCUT2D eigenvalue weighted by atomic mass is 9.99. The third-order valence-electron chi connectivity index (χ3n) is 3.14. The van der Waals surface area contributed by atoms with Crippen LogP contribution in [0.25, 0.3) is 0 Å². The molecule has 0 aromatic rings. The number of nitrogens with one attached hydrogen (secondary N) is 1. The highest BCUT2D eigenvalue weighted by atomic mass is 16.2. The summed E-state index contributed by atoms with van der Waals surface area (Å²) in [6.45, 7) is 5.20. The fourth-order valence-electron chi connectivity index (χ4n) is 2.10. The second-order valence-corrected chi connectivity index (χ2v) is 4.66. The van der Waals surface area contributed by atoms with Crippen LogP contribution in [0.1, 0.15) is 46.0 Å². The number of hydrogen-bond acceptors (Lipinski definition) is 2. The first-order valence-corrected chi connectivity index (χ1v) is 6.16. The van der Waals surface area contributed by atoms with Crippen LogP contribution in [0.3, 0.4) is 0 Å². The van der Waals surface area contributed by atoms with E-state index < -0.39 is 0 Å². The maximum atomic E-state index is 12.0. The van der Waals surface area contributed by atoms with Gasteiger partial charge in [-0.1, -0.05) is 13.3 Å². The van der Waals surface area contributed by atoms with E-state index in [4.69, 9.17) is 0 Å². The molecule has 2 atom stereocenters. The molecule has 0 aromatic carbocycles. The SMILES string of the molecule is CCCCN(C)C(=O)C1CCCC(C)N1. The summed E-state index contributed by atoms with van der Waals surface area (Å²) < 4.78 is 0. The zero-order valence-corrected chi connectivity index (χ0v) is 10.3. The third kappa shape index (κ3) is 3.82. The Labute approximate surface area is 93.2 Å². The molecule has 0 aromatic heterocycles. The highest BCUT2D eigenvalue weighted by molar-refractivity contribution is 5.81. The number of hydrogen-bond donors (Lipinski definition) is 1. The van der Waals surface area contributed by atoms with E-state index in [2.05, 4.69) is 19.2 Å².